The molecule has 1 aliphatic rings. The maximum Gasteiger partial charge on any atom is 0.338 e. The number of hydrogen-bond acceptors (Lipinski definition) is 6. The van der Waals surface area contributed by atoms with E-state index in [1.165, 1.54) is 18.3 Å². The van der Waals surface area contributed by atoms with Crippen molar-refractivity contribution < 1.29 is 19.1 Å². The van der Waals surface area contributed by atoms with Gasteiger partial charge in [-0.05, 0) is 31.2 Å². The summed E-state index contributed by atoms with van der Waals surface area (Å²) in [4.78, 5) is 43.7. The highest BCUT2D eigenvalue weighted by Crippen LogP contribution is 2.36. The Morgan fingerprint density at radius 1 is 1.03 bits per heavy atom. The van der Waals surface area contributed by atoms with Crippen molar-refractivity contribution in [2.45, 2.75) is 6.92 Å². The van der Waals surface area contributed by atoms with Crippen LogP contribution in [0.25, 0.3) is 22.3 Å². The molecule has 1 N–H and O–H groups in total. The molecule has 0 saturated heterocycles. The van der Waals surface area contributed by atoms with Gasteiger partial charge in [-0.25, -0.2) is 14.7 Å². The molecular weight excluding hydrogens is 396 g/mol. The van der Waals surface area contributed by atoms with Gasteiger partial charge in [0, 0.05) is 11.8 Å². The second-order valence-corrected chi connectivity index (χ2v) is 6.92. The Labute approximate surface area is 176 Å². The molecule has 1 aliphatic heterocycles. The monoisotopic (exact) mass is 412 g/mol. The number of hydrogen-bond donors (Lipinski definition) is 1. The van der Waals surface area contributed by atoms with Crippen molar-refractivity contribution in [1.29, 1.82) is 0 Å². The summed E-state index contributed by atoms with van der Waals surface area (Å²) in [5.41, 5.74) is 2.99. The summed E-state index contributed by atoms with van der Waals surface area (Å²) in [6.45, 7) is 1.98. The highest BCUT2D eigenvalue weighted by Gasteiger charge is 2.40. The number of H-pyrrole nitrogens is 1. The topological polar surface area (TPSA) is 105 Å². The van der Waals surface area contributed by atoms with Crippen LogP contribution in [0.1, 0.15) is 38.0 Å². The fourth-order valence-corrected chi connectivity index (χ4v) is 3.71. The summed E-state index contributed by atoms with van der Waals surface area (Å²) in [5.74, 6) is -1.40. The minimum absolute atomic E-state index is 0.213. The Balaban J connectivity index is 1.60. The van der Waals surface area contributed by atoms with Gasteiger partial charge in [-0.15, -0.1) is 0 Å². The minimum atomic E-state index is -0.474. The first-order valence-electron chi connectivity index (χ1n) is 9.68. The van der Waals surface area contributed by atoms with Crippen LogP contribution in [0.4, 0.5) is 5.69 Å². The average molecular weight is 412 g/mol. The Morgan fingerprint density at radius 3 is 2.48 bits per heavy atom. The van der Waals surface area contributed by atoms with Crippen LogP contribution in [0, 0.1) is 0 Å². The third kappa shape index (κ3) is 2.88. The first-order valence-corrected chi connectivity index (χ1v) is 9.68. The molecule has 5 rings (SSSR count). The first kappa shape index (κ1) is 18.7. The molecular formula is C23H16N4O4. The van der Waals surface area contributed by atoms with E-state index < -0.39 is 17.8 Å². The van der Waals surface area contributed by atoms with E-state index in [9.17, 15) is 14.4 Å². The lowest BCUT2D eigenvalue weighted by Gasteiger charge is -2.14. The number of nitrogens with one attached hydrogen (secondary N) is 1. The number of ether oxygens (including phenoxy) is 1. The third-order valence-corrected chi connectivity index (χ3v) is 5.13. The van der Waals surface area contributed by atoms with Crippen LogP contribution < -0.4 is 4.90 Å². The zero-order chi connectivity index (χ0) is 21.5. The molecule has 0 unspecified atom stereocenters. The quantitative estimate of drug-likeness (QED) is 0.406. The predicted octanol–water partition coefficient (Wildman–Crippen LogP) is 3.60. The van der Waals surface area contributed by atoms with Crippen molar-refractivity contribution >= 4 is 34.5 Å². The van der Waals surface area contributed by atoms with Crippen molar-refractivity contribution in [1.82, 2.24) is 15.2 Å². The molecule has 3 heterocycles. The Morgan fingerprint density at radius 2 is 1.77 bits per heavy atom. The summed E-state index contributed by atoms with van der Waals surface area (Å²) in [6, 6.07) is 15.6. The van der Waals surface area contributed by atoms with E-state index in [2.05, 4.69) is 15.2 Å². The highest BCUT2D eigenvalue weighted by molar-refractivity contribution is 6.38. The molecule has 8 nitrogen and oxygen atoms in total. The molecule has 0 atom stereocenters. The number of nitrogens with zero attached hydrogens (tertiary/aromatic N) is 3. The van der Waals surface area contributed by atoms with E-state index in [4.69, 9.17) is 4.74 Å². The number of rotatable bonds is 4. The summed E-state index contributed by atoms with van der Waals surface area (Å²) in [7, 11) is 0. The normalized spacial score (nSPS) is 13.0. The SMILES string of the molecule is CCOC(=O)c1ccc(N2C(=O)c3cnc4n[nH]c(-c5ccccc5)c4c3C2=O)cc1. The van der Waals surface area contributed by atoms with Gasteiger partial charge in [0.05, 0.1) is 40.1 Å². The number of fused-ring (bicyclic) bond motifs is 3. The molecule has 2 aromatic heterocycles. The molecule has 2 aromatic carbocycles. The van der Waals surface area contributed by atoms with Gasteiger partial charge in [0.1, 0.15) is 0 Å². The summed E-state index contributed by atoms with van der Waals surface area (Å²) in [6.07, 6.45) is 1.38. The Bertz CT molecular complexity index is 1340. The second-order valence-electron chi connectivity index (χ2n) is 6.92. The van der Waals surface area contributed by atoms with E-state index in [0.29, 0.717) is 28.0 Å². The predicted molar refractivity (Wildman–Crippen MR) is 113 cm³/mol. The summed E-state index contributed by atoms with van der Waals surface area (Å²) in [5, 5.41) is 7.65. The van der Waals surface area contributed by atoms with Gasteiger partial charge >= 0.3 is 5.97 Å². The van der Waals surface area contributed by atoms with Crippen molar-refractivity contribution in [3.8, 4) is 11.3 Å². The number of carbonyl (C=O) groups excluding carboxylic acids is 3. The summed E-state index contributed by atoms with van der Waals surface area (Å²) < 4.78 is 4.98. The standard InChI is InChI=1S/C23H16N4O4/c1-2-31-23(30)14-8-10-15(11-9-14)27-21(28)16-12-24-20-18(17(16)22(27)29)19(25-26-20)13-6-4-3-5-7-13/h3-12H,2H2,1H3,(H,24,25,26). The molecule has 31 heavy (non-hydrogen) atoms. The van der Waals surface area contributed by atoms with E-state index in [1.807, 2.05) is 30.3 Å². The van der Waals surface area contributed by atoms with Gasteiger partial charge in [0.25, 0.3) is 11.8 Å². The molecule has 152 valence electrons. The largest absolute Gasteiger partial charge is 0.462 e. The molecule has 0 aliphatic carbocycles. The van der Waals surface area contributed by atoms with Gasteiger partial charge in [-0.1, -0.05) is 30.3 Å². The summed E-state index contributed by atoms with van der Waals surface area (Å²) >= 11 is 0. The fourth-order valence-electron chi connectivity index (χ4n) is 3.71. The van der Waals surface area contributed by atoms with Crippen LogP contribution in [0.15, 0.2) is 60.8 Å². The molecule has 0 fully saturated rings. The van der Waals surface area contributed by atoms with Crippen LogP contribution in [0.5, 0.6) is 0 Å². The van der Waals surface area contributed by atoms with Crippen LogP contribution >= 0.6 is 0 Å². The van der Waals surface area contributed by atoms with Crippen LogP contribution in [-0.2, 0) is 4.74 Å². The molecule has 0 radical (unpaired) electrons. The van der Waals surface area contributed by atoms with Gasteiger partial charge in [0.15, 0.2) is 5.65 Å². The van der Waals surface area contributed by atoms with Crippen molar-refractivity contribution in [2.75, 3.05) is 11.5 Å². The van der Waals surface area contributed by atoms with Crippen LogP contribution in [0.3, 0.4) is 0 Å². The zero-order valence-corrected chi connectivity index (χ0v) is 16.5. The maximum atomic E-state index is 13.4. The minimum Gasteiger partial charge on any atom is -0.462 e. The number of anilines is 1. The van der Waals surface area contributed by atoms with Gasteiger partial charge in [-0.2, -0.15) is 5.10 Å². The Hall–Kier alpha value is -4.33. The first-order chi connectivity index (χ1) is 15.1. The number of benzene rings is 2. The smallest absolute Gasteiger partial charge is 0.338 e. The van der Waals surface area contributed by atoms with Gasteiger partial charge < -0.3 is 4.74 Å². The number of aromatic nitrogens is 3. The number of imide groups is 1. The molecule has 0 bridgehead atoms. The fraction of sp³-hybridized carbons (Fsp3) is 0.0870. The van der Waals surface area contributed by atoms with E-state index in [0.717, 1.165) is 10.5 Å². The number of aromatic amines is 1. The van der Waals surface area contributed by atoms with E-state index in [1.54, 1.807) is 19.1 Å². The van der Waals surface area contributed by atoms with E-state index >= 15 is 0 Å². The van der Waals surface area contributed by atoms with Gasteiger partial charge in [0.2, 0.25) is 0 Å². The highest BCUT2D eigenvalue weighted by atomic mass is 16.5. The Kier molecular flexibility index (Phi) is 4.32. The molecule has 2 amide bonds. The van der Waals surface area contributed by atoms with Crippen molar-refractivity contribution in [3.05, 3.63) is 77.5 Å². The maximum absolute atomic E-state index is 13.4. The van der Waals surface area contributed by atoms with E-state index in [-0.39, 0.29) is 17.7 Å². The molecule has 0 spiro atoms. The zero-order valence-electron chi connectivity index (χ0n) is 16.5. The second kappa shape index (κ2) is 7.17. The van der Waals surface area contributed by atoms with Crippen LogP contribution in [-0.4, -0.2) is 39.6 Å². The third-order valence-electron chi connectivity index (χ3n) is 5.13. The molecule has 0 saturated carbocycles. The number of amides is 2. The number of pyridine rings is 1. The lowest BCUT2D eigenvalue weighted by atomic mass is 10.0. The number of carbonyl (C=O) groups is 3. The average Bonchev–Trinajstić information content (AvgIpc) is 3.33. The molecule has 4 aromatic rings. The van der Waals surface area contributed by atoms with Gasteiger partial charge in [-0.3, -0.25) is 14.7 Å². The number of esters is 1. The lowest BCUT2D eigenvalue weighted by molar-refractivity contribution is 0.0526. The molecule has 8 heteroatoms. The van der Waals surface area contributed by atoms with Crippen molar-refractivity contribution in [2.24, 2.45) is 0 Å². The van der Waals surface area contributed by atoms with Crippen molar-refractivity contribution in [3.63, 3.8) is 0 Å². The van der Waals surface area contributed by atoms with Crippen LogP contribution in [0.2, 0.25) is 0 Å². The lowest BCUT2D eigenvalue weighted by Crippen LogP contribution is -2.29.